The van der Waals surface area contributed by atoms with Gasteiger partial charge in [-0.05, 0) is 31.4 Å². The maximum absolute atomic E-state index is 11.6. The van der Waals surface area contributed by atoms with E-state index in [1.165, 1.54) is 12.6 Å². The number of para-hydroxylation sites is 2. The van der Waals surface area contributed by atoms with Gasteiger partial charge in [0.2, 0.25) is 0 Å². The van der Waals surface area contributed by atoms with Crippen LogP contribution >= 0.6 is 24.0 Å². The van der Waals surface area contributed by atoms with Crippen molar-refractivity contribution in [2.45, 2.75) is 25.8 Å². The van der Waals surface area contributed by atoms with E-state index in [2.05, 4.69) is 30.8 Å². The van der Waals surface area contributed by atoms with Gasteiger partial charge >= 0.3 is 5.97 Å². The molecule has 1 aromatic heterocycles. The highest BCUT2D eigenvalue weighted by Crippen LogP contribution is 2.18. The molecule has 0 bridgehead atoms. The highest BCUT2D eigenvalue weighted by molar-refractivity contribution is 14.0. The van der Waals surface area contributed by atoms with E-state index in [-0.39, 0.29) is 35.9 Å². The van der Waals surface area contributed by atoms with Gasteiger partial charge in [0.25, 0.3) is 0 Å². The van der Waals surface area contributed by atoms with Crippen molar-refractivity contribution >= 4 is 46.9 Å². The second-order valence-electron chi connectivity index (χ2n) is 6.54. The molecule has 7 nitrogen and oxygen atoms in total. The zero-order valence-electron chi connectivity index (χ0n) is 15.9. The summed E-state index contributed by atoms with van der Waals surface area (Å²) >= 11 is 0. The van der Waals surface area contributed by atoms with E-state index < -0.39 is 0 Å². The molecule has 1 aromatic carbocycles. The second kappa shape index (κ2) is 10.5. The maximum atomic E-state index is 11.6. The molecule has 0 atom stereocenters. The number of ether oxygens (including phenoxy) is 1. The molecule has 2 heterocycles. The first kappa shape index (κ1) is 21.5. The number of nitrogens with one attached hydrogen (secondary N) is 1. The number of aromatic nitrogens is 2. The summed E-state index contributed by atoms with van der Waals surface area (Å²) in [5, 5.41) is 3.43. The number of esters is 1. The summed E-state index contributed by atoms with van der Waals surface area (Å²) in [7, 11) is 3.26. The number of carbonyl (C=O) groups excluding carboxylic acids is 1. The van der Waals surface area contributed by atoms with Crippen molar-refractivity contribution in [3.05, 3.63) is 30.6 Å². The molecule has 0 radical (unpaired) electrons. The molecule has 1 aliphatic heterocycles. The second-order valence-corrected chi connectivity index (χ2v) is 6.54. The number of fused-ring (bicyclic) bond motifs is 1. The van der Waals surface area contributed by atoms with Gasteiger partial charge in [0.15, 0.2) is 5.96 Å². The molecule has 0 amide bonds. The lowest BCUT2D eigenvalue weighted by atomic mass is 9.97. The van der Waals surface area contributed by atoms with E-state index in [0.717, 1.165) is 56.9 Å². The van der Waals surface area contributed by atoms with Crippen LogP contribution in [-0.2, 0) is 16.1 Å². The average molecular weight is 485 g/mol. The summed E-state index contributed by atoms with van der Waals surface area (Å²) in [6, 6.07) is 8.18. The SMILES string of the molecule is CN=C(NCCCn1cnc2ccccc21)N1CCC(C(=O)OC)CC1.I. The van der Waals surface area contributed by atoms with Gasteiger partial charge in [0.05, 0.1) is 30.4 Å². The van der Waals surface area contributed by atoms with Crippen LogP contribution in [0.25, 0.3) is 11.0 Å². The van der Waals surface area contributed by atoms with Crippen molar-refractivity contribution in [3.63, 3.8) is 0 Å². The molecule has 1 N–H and O–H groups in total. The molecule has 0 saturated carbocycles. The van der Waals surface area contributed by atoms with Crippen molar-refractivity contribution in [1.82, 2.24) is 19.8 Å². The van der Waals surface area contributed by atoms with Gasteiger partial charge in [-0.1, -0.05) is 12.1 Å². The van der Waals surface area contributed by atoms with Crippen LogP contribution in [0.4, 0.5) is 0 Å². The Labute approximate surface area is 177 Å². The Balaban J connectivity index is 0.00000261. The highest BCUT2D eigenvalue weighted by Gasteiger charge is 2.26. The standard InChI is InChI=1S/C19H27N5O2.HI/c1-20-19(23-12-8-15(9-13-23)18(25)26-2)21-10-5-11-24-14-22-16-6-3-4-7-17(16)24;/h3-4,6-7,14-15H,5,8-13H2,1-2H3,(H,20,21);1H. The van der Waals surface area contributed by atoms with Gasteiger partial charge in [-0.3, -0.25) is 9.79 Å². The minimum atomic E-state index is -0.0971. The molecule has 1 saturated heterocycles. The summed E-state index contributed by atoms with van der Waals surface area (Å²) in [6.07, 6.45) is 4.51. The molecule has 0 aliphatic carbocycles. The van der Waals surface area contributed by atoms with E-state index in [4.69, 9.17) is 4.74 Å². The molecule has 2 aromatic rings. The van der Waals surface area contributed by atoms with Gasteiger partial charge in [-0.15, -0.1) is 24.0 Å². The Hall–Kier alpha value is -1.84. The fourth-order valence-electron chi connectivity index (χ4n) is 3.46. The summed E-state index contributed by atoms with van der Waals surface area (Å²) in [4.78, 5) is 22.7. The Morgan fingerprint density at radius 2 is 2.07 bits per heavy atom. The fraction of sp³-hybridized carbons (Fsp3) is 0.526. The molecule has 8 heteroatoms. The van der Waals surface area contributed by atoms with E-state index >= 15 is 0 Å². The van der Waals surface area contributed by atoms with Crippen LogP contribution in [0.15, 0.2) is 35.6 Å². The Bertz CT molecular complexity index is 768. The Morgan fingerprint density at radius 3 is 2.78 bits per heavy atom. The average Bonchev–Trinajstić information content (AvgIpc) is 3.11. The quantitative estimate of drug-likeness (QED) is 0.232. The van der Waals surface area contributed by atoms with Crippen LogP contribution in [-0.4, -0.2) is 60.2 Å². The van der Waals surface area contributed by atoms with Crippen LogP contribution in [0.2, 0.25) is 0 Å². The molecular formula is C19H28IN5O2. The third-order valence-electron chi connectivity index (χ3n) is 4.93. The number of halogens is 1. The zero-order valence-corrected chi connectivity index (χ0v) is 18.3. The molecule has 27 heavy (non-hydrogen) atoms. The van der Waals surface area contributed by atoms with Crippen LogP contribution in [0.1, 0.15) is 19.3 Å². The third-order valence-corrected chi connectivity index (χ3v) is 4.93. The van der Waals surface area contributed by atoms with Crippen molar-refractivity contribution in [3.8, 4) is 0 Å². The van der Waals surface area contributed by atoms with Crippen LogP contribution in [0.3, 0.4) is 0 Å². The number of aryl methyl sites for hydroxylation is 1. The summed E-state index contributed by atoms with van der Waals surface area (Å²) in [5.74, 6) is 0.827. The smallest absolute Gasteiger partial charge is 0.308 e. The summed E-state index contributed by atoms with van der Waals surface area (Å²) < 4.78 is 7.03. The maximum Gasteiger partial charge on any atom is 0.308 e. The van der Waals surface area contributed by atoms with Crippen LogP contribution in [0, 0.1) is 5.92 Å². The Kier molecular flexibility index (Phi) is 8.33. The van der Waals surface area contributed by atoms with Crippen LogP contribution < -0.4 is 5.32 Å². The van der Waals surface area contributed by atoms with E-state index in [9.17, 15) is 4.79 Å². The minimum Gasteiger partial charge on any atom is -0.469 e. The first-order chi connectivity index (χ1) is 12.7. The molecule has 3 rings (SSSR count). The zero-order chi connectivity index (χ0) is 18.4. The monoisotopic (exact) mass is 485 g/mol. The van der Waals surface area contributed by atoms with E-state index in [0.29, 0.717) is 0 Å². The van der Waals surface area contributed by atoms with Gasteiger partial charge in [-0.25, -0.2) is 4.98 Å². The predicted molar refractivity (Wildman–Crippen MR) is 117 cm³/mol. The van der Waals surface area contributed by atoms with Gasteiger partial charge in [0, 0.05) is 33.2 Å². The van der Waals surface area contributed by atoms with Crippen molar-refractivity contribution in [1.29, 1.82) is 0 Å². The van der Waals surface area contributed by atoms with E-state index in [1.54, 1.807) is 7.05 Å². The number of methoxy groups -OCH3 is 1. The Morgan fingerprint density at radius 1 is 1.33 bits per heavy atom. The van der Waals surface area contributed by atoms with E-state index in [1.807, 2.05) is 24.5 Å². The lowest BCUT2D eigenvalue weighted by molar-refractivity contribution is -0.146. The summed E-state index contributed by atoms with van der Waals surface area (Å²) in [6.45, 7) is 3.40. The normalized spacial score (nSPS) is 15.5. The molecule has 1 aliphatic rings. The van der Waals surface area contributed by atoms with Gasteiger partial charge in [-0.2, -0.15) is 0 Å². The number of imidazole rings is 1. The number of piperidine rings is 1. The first-order valence-corrected chi connectivity index (χ1v) is 9.16. The number of hydrogen-bond acceptors (Lipinski definition) is 4. The number of likely N-dealkylation sites (tertiary alicyclic amines) is 1. The number of rotatable bonds is 5. The number of carbonyl (C=O) groups is 1. The molecule has 0 unspecified atom stereocenters. The van der Waals surface area contributed by atoms with Crippen molar-refractivity contribution in [2.75, 3.05) is 33.8 Å². The topological polar surface area (TPSA) is 71.8 Å². The molecule has 1 fully saturated rings. The predicted octanol–water partition coefficient (Wildman–Crippen LogP) is 2.50. The number of hydrogen-bond donors (Lipinski definition) is 1. The number of nitrogens with zero attached hydrogens (tertiary/aromatic N) is 4. The number of benzene rings is 1. The van der Waals surface area contributed by atoms with Crippen LogP contribution in [0.5, 0.6) is 0 Å². The van der Waals surface area contributed by atoms with Crippen molar-refractivity contribution in [2.24, 2.45) is 10.9 Å². The van der Waals surface area contributed by atoms with Crippen molar-refractivity contribution < 1.29 is 9.53 Å². The lowest BCUT2D eigenvalue weighted by Crippen LogP contribution is -2.47. The van der Waals surface area contributed by atoms with Gasteiger partial charge < -0.3 is 19.5 Å². The molecule has 0 spiro atoms. The fourth-order valence-corrected chi connectivity index (χ4v) is 3.46. The molecule has 148 valence electrons. The number of aliphatic imine (C=N–C) groups is 1. The largest absolute Gasteiger partial charge is 0.469 e. The number of guanidine groups is 1. The van der Waals surface area contributed by atoms with Gasteiger partial charge in [0.1, 0.15) is 0 Å². The third kappa shape index (κ3) is 5.33. The highest BCUT2D eigenvalue weighted by atomic mass is 127. The molecular weight excluding hydrogens is 457 g/mol. The minimum absolute atomic E-state index is 0. The first-order valence-electron chi connectivity index (χ1n) is 9.16. The summed E-state index contributed by atoms with van der Waals surface area (Å²) in [5.41, 5.74) is 2.20. The lowest BCUT2D eigenvalue weighted by Gasteiger charge is -2.33.